The van der Waals surface area contributed by atoms with Crippen molar-refractivity contribution in [2.45, 2.75) is 25.4 Å². The van der Waals surface area contributed by atoms with Gasteiger partial charge >= 0.3 is 0 Å². The van der Waals surface area contributed by atoms with E-state index in [9.17, 15) is 9.59 Å². The summed E-state index contributed by atoms with van der Waals surface area (Å²) in [6.45, 7) is 1.44. The zero-order chi connectivity index (χ0) is 23.7. The Morgan fingerprint density at radius 2 is 1.97 bits per heavy atom. The van der Waals surface area contributed by atoms with E-state index in [1.807, 2.05) is 46.7 Å². The van der Waals surface area contributed by atoms with Crippen molar-refractivity contribution in [3.63, 3.8) is 0 Å². The van der Waals surface area contributed by atoms with Gasteiger partial charge in [0.25, 0.3) is 0 Å². The number of rotatable bonds is 6. The molecule has 0 radical (unpaired) electrons. The van der Waals surface area contributed by atoms with E-state index in [0.717, 1.165) is 28.1 Å². The van der Waals surface area contributed by atoms with Crippen molar-refractivity contribution in [1.82, 2.24) is 14.8 Å². The number of carbonyl (C=O) groups excluding carboxylic acids is 2. The molecule has 3 aromatic rings. The van der Waals surface area contributed by atoms with Gasteiger partial charge < -0.3 is 19.3 Å². The Kier molecular flexibility index (Phi) is 6.24. The molecule has 2 unspecified atom stereocenters. The molecule has 8 heteroatoms. The van der Waals surface area contributed by atoms with Gasteiger partial charge in [0.1, 0.15) is 0 Å². The van der Waals surface area contributed by atoms with E-state index >= 15 is 0 Å². The SMILES string of the molecule is COc1cc2c(cc1OC)C(c1cccs1)N(C(=O)C1CC(=O)N(Cc3ccccn3)C1)CC2. The molecule has 176 valence electrons. The largest absolute Gasteiger partial charge is 0.493 e. The molecule has 0 saturated carbocycles. The second kappa shape index (κ2) is 9.46. The van der Waals surface area contributed by atoms with E-state index < -0.39 is 0 Å². The lowest BCUT2D eigenvalue weighted by molar-refractivity contribution is -0.137. The number of thiophene rings is 1. The van der Waals surface area contributed by atoms with Crippen molar-refractivity contribution in [2.75, 3.05) is 27.3 Å². The van der Waals surface area contributed by atoms with Gasteiger partial charge in [0.15, 0.2) is 11.5 Å². The van der Waals surface area contributed by atoms with Gasteiger partial charge in [-0.05, 0) is 53.3 Å². The molecule has 1 aromatic carbocycles. The van der Waals surface area contributed by atoms with Crippen LogP contribution in [0.5, 0.6) is 11.5 Å². The topological polar surface area (TPSA) is 72.0 Å². The lowest BCUT2D eigenvalue weighted by atomic mass is 9.89. The predicted molar refractivity (Wildman–Crippen MR) is 129 cm³/mol. The third kappa shape index (κ3) is 4.14. The van der Waals surface area contributed by atoms with Crippen molar-refractivity contribution < 1.29 is 19.1 Å². The second-order valence-corrected chi connectivity index (χ2v) is 9.58. The smallest absolute Gasteiger partial charge is 0.228 e. The summed E-state index contributed by atoms with van der Waals surface area (Å²) in [6.07, 6.45) is 2.68. The first-order chi connectivity index (χ1) is 16.6. The highest BCUT2D eigenvalue weighted by Crippen LogP contribution is 2.43. The third-order valence-corrected chi connectivity index (χ3v) is 7.54. The molecule has 0 N–H and O–H groups in total. The number of hydrogen-bond donors (Lipinski definition) is 0. The molecule has 7 nitrogen and oxygen atoms in total. The van der Waals surface area contributed by atoms with Crippen LogP contribution in [0.4, 0.5) is 0 Å². The van der Waals surface area contributed by atoms with Crippen LogP contribution in [0.3, 0.4) is 0 Å². The third-order valence-electron chi connectivity index (χ3n) is 6.61. The summed E-state index contributed by atoms with van der Waals surface area (Å²) in [5.41, 5.74) is 3.03. The van der Waals surface area contributed by atoms with E-state index in [2.05, 4.69) is 11.1 Å². The monoisotopic (exact) mass is 477 g/mol. The van der Waals surface area contributed by atoms with Gasteiger partial charge in [-0.2, -0.15) is 0 Å². The van der Waals surface area contributed by atoms with Crippen LogP contribution >= 0.6 is 11.3 Å². The summed E-state index contributed by atoms with van der Waals surface area (Å²) in [7, 11) is 3.25. The number of likely N-dealkylation sites (tertiary alicyclic amines) is 1. The summed E-state index contributed by atoms with van der Waals surface area (Å²) in [5, 5.41) is 2.03. The summed E-state index contributed by atoms with van der Waals surface area (Å²) in [4.78, 5) is 35.7. The van der Waals surface area contributed by atoms with Crippen LogP contribution in [0.25, 0.3) is 0 Å². The first-order valence-corrected chi connectivity index (χ1v) is 12.2. The minimum absolute atomic E-state index is 0.000455. The van der Waals surface area contributed by atoms with Crippen LogP contribution in [-0.4, -0.2) is 53.9 Å². The number of pyridine rings is 1. The Morgan fingerprint density at radius 3 is 2.68 bits per heavy atom. The number of carbonyl (C=O) groups is 2. The van der Waals surface area contributed by atoms with E-state index in [1.165, 1.54) is 0 Å². The molecule has 2 aliphatic heterocycles. The molecular weight excluding hydrogens is 450 g/mol. The fourth-order valence-corrected chi connectivity index (χ4v) is 5.80. The van der Waals surface area contributed by atoms with E-state index in [4.69, 9.17) is 9.47 Å². The van der Waals surface area contributed by atoms with Crippen LogP contribution in [0, 0.1) is 5.92 Å². The molecule has 0 bridgehead atoms. The van der Waals surface area contributed by atoms with Gasteiger partial charge in [-0.25, -0.2) is 0 Å². The Bertz CT molecular complexity index is 1180. The minimum Gasteiger partial charge on any atom is -0.493 e. The molecule has 2 atom stereocenters. The van der Waals surface area contributed by atoms with Gasteiger partial charge in [0.2, 0.25) is 11.8 Å². The number of methoxy groups -OCH3 is 2. The number of aromatic nitrogens is 1. The molecule has 1 fully saturated rings. The highest BCUT2D eigenvalue weighted by molar-refractivity contribution is 7.10. The zero-order valence-electron chi connectivity index (χ0n) is 19.3. The maximum absolute atomic E-state index is 13.8. The van der Waals surface area contributed by atoms with Gasteiger partial charge in [-0.15, -0.1) is 11.3 Å². The number of amides is 2. The summed E-state index contributed by atoms with van der Waals surface area (Å²) < 4.78 is 11.1. The van der Waals surface area contributed by atoms with E-state index in [-0.39, 0.29) is 30.2 Å². The fourth-order valence-electron chi connectivity index (χ4n) is 4.95. The van der Waals surface area contributed by atoms with Crippen LogP contribution in [0.1, 0.15) is 34.2 Å². The lowest BCUT2D eigenvalue weighted by Gasteiger charge is -2.38. The molecule has 0 spiro atoms. The molecular formula is C26H27N3O4S. The minimum atomic E-state index is -0.361. The number of ether oxygens (including phenoxy) is 2. The molecule has 1 saturated heterocycles. The average molecular weight is 478 g/mol. The van der Waals surface area contributed by atoms with E-state index in [0.29, 0.717) is 31.1 Å². The van der Waals surface area contributed by atoms with Crippen molar-refractivity contribution in [1.29, 1.82) is 0 Å². The van der Waals surface area contributed by atoms with Crippen LogP contribution in [0.15, 0.2) is 54.0 Å². The van der Waals surface area contributed by atoms with Crippen molar-refractivity contribution in [3.05, 3.63) is 75.7 Å². The second-order valence-electron chi connectivity index (χ2n) is 8.60. The Hall–Kier alpha value is -3.39. The van der Waals surface area contributed by atoms with Crippen molar-refractivity contribution >= 4 is 23.2 Å². The standard InChI is InChI=1S/C26H27N3O4S/c1-32-21-12-17-8-10-29(25(23-7-5-11-34-23)20(17)14-22(21)33-2)26(31)18-13-24(30)28(15-18)16-19-6-3-4-9-27-19/h3-7,9,11-12,14,18,25H,8,10,13,15-16H2,1-2H3. The molecule has 5 rings (SSSR count). The molecule has 34 heavy (non-hydrogen) atoms. The Labute approximate surface area is 202 Å². The molecule has 2 amide bonds. The fraction of sp³-hybridized carbons (Fsp3) is 0.346. The van der Waals surface area contributed by atoms with Crippen LogP contribution < -0.4 is 9.47 Å². The molecule has 4 heterocycles. The van der Waals surface area contributed by atoms with Crippen LogP contribution in [0.2, 0.25) is 0 Å². The van der Waals surface area contributed by atoms with E-state index in [1.54, 1.807) is 36.7 Å². The van der Waals surface area contributed by atoms with Crippen LogP contribution in [-0.2, 0) is 22.6 Å². The molecule has 2 aromatic heterocycles. The lowest BCUT2D eigenvalue weighted by Crippen LogP contribution is -2.44. The maximum atomic E-state index is 13.8. The first-order valence-electron chi connectivity index (χ1n) is 11.4. The average Bonchev–Trinajstić information content (AvgIpc) is 3.53. The Morgan fingerprint density at radius 1 is 1.15 bits per heavy atom. The predicted octanol–water partition coefficient (Wildman–Crippen LogP) is 3.68. The maximum Gasteiger partial charge on any atom is 0.228 e. The normalized spacial score (nSPS) is 19.8. The highest BCUT2D eigenvalue weighted by Gasteiger charge is 2.41. The first kappa shape index (κ1) is 22.4. The number of hydrogen-bond acceptors (Lipinski definition) is 6. The summed E-state index contributed by atoms with van der Waals surface area (Å²) >= 11 is 1.63. The molecule has 2 aliphatic rings. The van der Waals surface area contributed by atoms with Crippen molar-refractivity contribution in [3.8, 4) is 11.5 Å². The van der Waals surface area contributed by atoms with Gasteiger partial charge in [-0.3, -0.25) is 14.6 Å². The van der Waals surface area contributed by atoms with Gasteiger partial charge in [-0.1, -0.05) is 12.1 Å². The van der Waals surface area contributed by atoms with Crippen molar-refractivity contribution in [2.24, 2.45) is 5.92 Å². The number of benzene rings is 1. The quantitative estimate of drug-likeness (QED) is 0.542. The summed E-state index contributed by atoms with van der Waals surface area (Å²) in [6, 6.07) is 13.5. The Balaban J connectivity index is 1.43. The number of nitrogens with zero attached hydrogens (tertiary/aromatic N) is 3. The zero-order valence-corrected chi connectivity index (χ0v) is 20.1. The molecule has 0 aliphatic carbocycles. The summed E-state index contributed by atoms with van der Waals surface area (Å²) in [5.74, 6) is 1.00. The highest BCUT2D eigenvalue weighted by atomic mass is 32.1. The van der Waals surface area contributed by atoms with Gasteiger partial charge in [0, 0.05) is 30.6 Å². The van der Waals surface area contributed by atoms with Gasteiger partial charge in [0.05, 0.1) is 38.4 Å². The number of fused-ring (bicyclic) bond motifs is 1.